The van der Waals surface area contributed by atoms with E-state index in [4.69, 9.17) is 0 Å². The van der Waals surface area contributed by atoms with Crippen molar-refractivity contribution in [1.29, 1.82) is 0 Å². The minimum absolute atomic E-state index is 0.238. The number of rotatable bonds is 4. The first kappa shape index (κ1) is 13.5. The predicted molar refractivity (Wildman–Crippen MR) is 79.2 cm³/mol. The average Bonchev–Trinajstić information content (AvgIpc) is 2.84. The summed E-state index contributed by atoms with van der Waals surface area (Å²) in [5.41, 5.74) is 0.804. The van der Waals surface area contributed by atoms with Crippen molar-refractivity contribution in [2.75, 3.05) is 14.1 Å². The van der Waals surface area contributed by atoms with E-state index in [2.05, 4.69) is 36.3 Å². The highest BCUT2D eigenvalue weighted by molar-refractivity contribution is 7.17. The van der Waals surface area contributed by atoms with Gasteiger partial charge in [0.25, 0.3) is 0 Å². The lowest BCUT2D eigenvalue weighted by molar-refractivity contribution is 0.00185. The quantitative estimate of drug-likeness (QED) is 0.910. The number of thiophene rings is 1. The van der Waals surface area contributed by atoms with Gasteiger partial charge in [-0.3, -0.25) is 0 Å². The van der Waals surface area contributed by atoms with Gasteiger partial charge in [0, 0.05) is 15.8 Å². The molecule has 1 N–H and O–H groups in total. The zero-order chi connectivity index (χ0) is 13.3. The van der Waals surface area contributed by atoms with Crippen molar-refractivity contribution in [3.8, 4) is 0 Å². The summed E-state index contributed by atoms with van der Waals surface area (Å²) in [4.78, 5) is 2.12. The second kappa shape index (κ2) is 5.00. The summed E-state index contributed by atoms with van der Waals surface area (Å²) in [5.74, 6) is 0. The number of benzene rings is 1. The van der Waals surface area contributed by atoms with Gasteiger partial charge in [-0.15, -0.1) is 11.3 Å². The van der Waals surface area contributed by atoms with Crippen LogP contribution in [0.15, 0.2) is 29.6 Å². The van der Waals surface area contributed by atoms with Crippen molar-refractivity contribution >= 4 is 21.4 Å². The van der Waals surface area contributed by atoms with Crippen LogP contribution in [-0.2, 0) is 0 Å². The molecular weight excluding hydrogens is 242 g/mol. The molecular formula is C15H21NOS. The Hall–Kier alpha value is -0.900. The molecule has 2 aromatic rings. The summed E-state index contributed by atoms with van der Waals surface area (Å²) < 4.78 is 1.20. The fourth-order valence-electron chi connectivity index (χ4n) is 2.32. The lowest BCUT2D eigenvalue weighted by atomic mass is 9.85. The standard InChI is InChI=1S/C15H21NOS/c1-5-15(2,16(3)4)14(17)12-8-6-7-11-9-10-18-13(11)12/h6-10,14,17H,5H2,1-4H3. The van der Waals surface area contributed by atoms with Gasteiger partial charge in [-0.25, -0.2) is 0 Å². The molecule has 0 aliphatic carbocycles. The van der Waals surface area contributed by atoms with Crippen LogP contribution < -0.4 is 0 Å². The van der Waals surface area contributed by atoms with Crippen LogP contribution in [0.4, 0.5) is 0 Å². The van der Waals surface area contributed by atoms with Crippen LogP contribution in [0.3, 0.4) is 0 Å². The van der Waals surface area contributed by atoms with Gasteiger partial charge in [0.2, 0.25) is 0 Å². The molecule has 2 atom stereocenters. The monoisotopic (exact) mass is 263 g/mol. The van der Waals surface area contributed by atoms with E-state index < -0.39 is 6.10 Å². The van der Waals surface area contributed by atoms with E-state index in [9.17, 15) is 5.11 Å². The third-order valence-electron chi connectivity index (χ3n) is 4.13. The summed E-state index contributed by atoms with van der Waals surface area (Å²) in [6, 6.07) is 8.27. The molecule has 0 saturated carbocycles. The van der Waals surface area contributed by atoms with E-state index in [1.165, 1.54) is 10.1 Å². The van der Waals surface area contributed by atoms with Crippen LogP contribution in [0.25, 0.3) is 10.1 Å². The second-order valence-corrected chi connectivity index (χ2v) is 6.11. The van der Waals surface area contributed by atoms with Gasteiger partial charge in [0.05, 0.1) is 6.10 Å². The second-order valence-electron chi connectivity index (χ2n) is 5.19. The minimum Gasteiger partial charge on any atom is -0.386 e. The predicted octanol–water partition coefficient (Wildman–Crippen LogP) is 3.67. The maximum Gasteiger partial charge on any atom is 0.0984 e. The average molecular weight is 263 g/mol. The number of likely N-dealkylation sites (N-methyl/N-ethyl adjacent to an activating group) is 1. The summed E-state index contributed by atoms with van der Waals surface area (Å²) >= 11 is 1.70. The van der Waals surface area contributed by atoms with Gasteiger partial charge < -0.3 is 10.0 Å². The molecule has 0 amide bonds. The molecule has 1 aromatic heterocycles. The fraction of sp³-hybridized carbons (Fsp3) is 0.467. The van der Waals surface area contributed by atoms with Crippen molar-refractivity contribution in [3.05, 3.63) is 35.2 Å². The third kappa shape index (κ3) is 2.07. The minimum atomic E-state index is -0.472. The van der Waals surface area contributed by atoms with Crippen LogP contribution in [0.1, 0.15) is 31.9 Å². The van der Waals surface area contributed by atoms with Crippen LogP contribution in [0.2, 0.25) is 0 Å². The summed E-state index contributed by atoms with van der Waals surface area (Å²) in [7, 11) is 4.06. The topological polar surface area (TPSA) is 23.5 Å². The molecule has 3 heteroatoms. The van der Waals surface area contributed by atoms with E-state index in [0.717, 1.165) is 12.0 Å². The smallest absolute Gasteiger partial charge is 0.0984 e. The first-order valence-corrected chi connectivity index (χ1v) is 7.20. The number of fused-ring (bicyclic) bond motifs is 1. The molecule has 0 aliphatic rings. The van der Waals surface area contributed by atoms with E-state index in [-0.39, 0.29) is 5.54 Å². The maximum atomic E-state index is 10.8. The van der Waals surface area contributed by atoms with Crippen LogP contribution in [0, 0.1) is 0 Å². The molecule has 1 heterocycles. The molecule has 0 saturated heterocycles. The Kier molecular flexibility index (Phi) is 3.76. The molecule has 0 bridgehead atoms. The summed E-state index contributed by atoms with van der Waals surface area (Å²) in [6.45, 7) is 4.24. The third-order valence-corrected chi connectivity index (χ3v) is 5.11. The van der Waals surface area contributed by atoms with Crippen molar-refractivity contribution in [1.82, 2.24) is 4.90 Å². The first-order valence-electron chi connectivity index (χ1n) is 6.32. The number of hydrogen-bond donors (Lipinski definition) is 1. The lowest BCUT2D eigenvalue weighted by Gasteiger charge is -2.40. The van der Waals surface area contributed by atoms with Crippen molar-refractivity contribution in [2.45, 2.75) is 31.9 Å². The Morgan fingerprint density at radius 1 is 1.33 bits per heavy atom. The highest BCUT2D eigenvalue weighted by Crippen LogP contribution is 2.37. The Bertz CT molecular complexity index is 534. The van der Waals surface area contributed by atoms with Gasteiger partial charge >= 0.3 is 0 Å². The number of hydrogen-bond acceptors (Lipinski definition) is 3. The maximum absolute atomic E-state index is 10.8. The Morgan fingerprint density at radius 2 is 2.06 bits per heavy atom. The highest BCUT2D eigenvalue weighted by Gasteiger charge is 2.35. The van der Waals surface area contributed by atoms with Gasteiger partial charge in [-0.1, -0.05) is 25.1 Å². The molecule has 2 rings (SSSR count). The molecule has 2 nitrogen and oxygen atoms in total. The molecule has 0 aliphatic heterocycles. The van der Waals surface area contributed by atoms with Gasteiger partial charge in [0.1, 0.15) is 0 Å². The molecule has 0 spiro atoms. The van der Waals surface area contributed by atoms with Crippen molar-refractivity contribution in [3.63, 3.8) is 0 Å². The van der Waals surface area contributed by atoms with Crippen LogP contribution in [-0.4, -0.2) is 29.6 Å². The Morgan fingerprint density at radius 3 is 2.67 bits per heavy atom. The normalized spacial score (nSPS) is 17.0. The first-order chi connectivity index (χ1) is 8.50. The zero-order valence-electron chi connectivity index (χ0n) is 11.5. The highest BCUT2D eigenvalue weighted by atomic mass is 32.1. The molecule has 2 unspecified atom stereocenters. The molecule has 0 radical (unpaired) electrons. The summed E-state index contributed by atoms with van der Waals surface area (Å²) in [5, 5.41) is 14.1. The Balaban J connectivity index is 2.50. The van der Waals surface area contributed by atoms with Gasteiger partial charge in [0.15, 0.2) is 0 Å². The Labute approximate surface area is 113 Å². The molecule has 1 aromatic carbocycles. The van der Waals surface area contributed by atoms with Gasteiger partial charge in [-0.2, -0.15) is 0 Å². The van der Waals surface area contributed by atoms with E-state index in [1.807, 2.05) is 26.2 Å². The van der Waals surface area contributed by atoms with E-state index in [0.29, 0.717) is 0 Å². The van der Waals surface area contributed by atoms with Gasteiger partial charge in [-0.05, 0) is 44.3 Å². The SMILES string of the molecule is CCC(C)(C(O)c1cccc2ccsc12)N(C)C. The van der Waals surface area contributed by atoms with E-state index >= 15 is 0 Å². The molecule has 98 valence electrons. The largest absolute Gasteiger partial charge is 0.386 e. The van der Waals surface area contributed by atoms with Crippen LogP contribution >= 0.6 is 11.3 Å². The molecule has 18 heavy (non-hydrogen) atoms. The zero-order valence-corrected chi connectivity index (χ0v) is 12.3. The van der Waals surface area contributed by atoms with Crippen molar-refractivity contribution < 1.29 is 5.11 Å². The number of aliphatic hydroxyl groups is 1. The van der Waals surface area contributed by atoms with E-state index in [1.54, 1.807) is 11.3 Å². The van der Waals surface area contributed by atoms with Crippen molar-refractivity contribution in [2.24, 2.45) is 0 Å². The summed E-state index contributed by atoms with van der Waals surface area (Å²) in [6.07, 6.45) is 0.433. The van der Waals surface area contributed by atoms with Crippen LogP contribution in [0.5, 0.6) is 0 Å². The number of nitrogens with zero attached hydrogens (tertiary/aromatic N) is 1. The molecule has 0 fully saturated rings. The lowest BCUT2D eigenvalue weighted by Crippen LogP contribution is -2.46. The number of aliphatic hydroxyl groups excluding tert-OH is 1. The fourth-order valence-corrected chi connectivity index (χ4v) is 3.26.